The number of non-ortho nitro benzene ring substituents is 1. The molecule has 0 saturated heterocycles. The highest BCUT2D eigenvalue weighted by atomic mass is 16.6. The first kappa shape index (κ1) is 15.5. The zero-order valence-electron chi connectivity index (χ0n) is 12.8. The van der Waals surface area contributed by atoms with Crippen molar-refractivity contribution in [2.75, 3.05) is 0 Å². The molecule has 0 atom stereocenters. The van der Waals surface area contributed by atoms with E-state index in [2.05, 4.69) is 6.58 Å². The highest BCUT2D eigenvalue weighted by Crippen LogP contribution is 2.44. The van der Waals surface area contributed by atoms with E-state index in [1.54, 1.807) is 36.4 Å². The van der Waals surface area contributed by atoms with Crippen LogP contribution in [-0.4, -0.2) is 10.0 Å². The van der Waals surface area contributed by atoms with Crippen LogP contribution in [0.4, 0.5) is 5.69 Å². The van der Waals surface area contributed by atoms with Gasteiger partial charge in [-0.1, -0.05) is 49.0 Å². The molecule has 0 aromatic heterocycles. The molecule has 3 aromatic carbocycles. The minimum Gasteiger partial charge on any atom is -0.508 e. The Kier molecular flexibility index (Phi) is 4.12. The largest absolute Gasteiger partial charge is 0.508 e. The smallest absolute Gasteiger partial charge is 0.270 e. The molecule has 4 rings (SSSR count). The summed E-state index contributed by atoms with van der Waals surface area (Å²) in [7, 11) is 0. The first-order chi connectivity index (χ1) is 11.6. The second-order valence-corrected chi connectivity index (χ2v) is 5.35. The molecule has 1 N–H and O–H groups in total. The first-order valence-electron chi connectivity index (χ1n) is 7.39. The zero-order valence-corrected chi connectivity index (χ0v) is 12.8. The molecule has 0 bridgehead atoms. The highest BCUT2D eigenvalue weighted by molar-refractivity contribution is 6.00. The predicted octanol–water partition coefficient (Wildman–Crippen LogP) is 5.03. The molecule has 24 heavy (non-hydrogen) atoms. The molecular formula is C20H15NO3. The minimum absolute atomic E-state index is 0.109. The fourth-order valence-electron chi connectivity index (χ4n) is 2.68. The summed E-state index contributed by atoms with van der Waals surface area (Å²) < 4.78 is 0. The van der Waals surface area contributed by atoms with Gasteiger partial charge in [0.05, 0.1) is 4.92 Å². The Bertz CT molecular complexity index is 917. The quantitative estimate of drug-likeness (QED) is 0.395. The number of rotatable bonds is 1. The van der Waals surface area contributed by atoms with Gasteiger partial charge in [0.2, 0.25) is 0 Å². The van der Waals surface area contributed by atoms with Gasteiger partial charge >= 0.3 is 0 Å². The lowest BCUT2D eigenvalue weighted by Crippen LogP contribution is -1.89. The summed E-state index contributed by atoms with van der Waals surface area (Å²) in [6.07, 6.45) is 0. The Hall–Kier alpha value is -3.40. The normalized spacial score (nSPS) is 11.1. The van der Waals surface area contributed by atoms with Gasteiger partial charge in [0, 0.05) is 12.1 Å². The summed E-state index contributed by atoms with van der Waals surface area (Å²) in [5.74, 6) is 0.322. The van der Waals surface area contributed by atoms with Gasteiger partial charge in [-0.25, -0.2) is 0 Å². The van der Waals surface area contributed by atoms with Gasteiger partial charge in [0.25, 0.3) is 5.69 Å². The molecule has 3 aromatic rings. The number of phenols is 1. The monoisotopic (exact) mass is 317 g/mol. The summed E-state index contributed by atoms with van der Waals surface area (Å²) >= 11 is 0. The maximum Gasteiger partial charge on any atom is 0.270 e. The van der Waals surface area contributed by atoms with Crippen molar-refractivity contribution < 1.29 is 10.0 Å². The lowest BCUT2D eigenvalue weighted by molar-refractivity contribution is -0.384. The molecule has 0 amide bonds. The number of para-hydroxylation sites is 1. The number of aromatic hydroxyl groups is 1. The molecule has 0 heterocycles. The molecule has 0 aliphatic heterocycles. The van der Waals surface area contributed by atoms with Crippen LogP contribution in [0.2, 0.25) is 0 Å². The van der Waals surface area contributed by atoms with Gasteiger partial charge in [-0.2, -0.15) is 0 Å². The second-order valence-electron chi connectivity index (χ2n) is 5.35. The van der Waals surface area contributed by atoms with Crippen LogP contribution in [0.3, 0.4) is 0 Å². The van der Waals surface area contributed by atoms with Crippen LogP contribution in [0.1, 0.15) is 11.1 Å². The van der Waals surface area contributed by atoms with Crippen LogP contribution in [0, 0.1) is 10.1 Å². The number of phenolic OH excluding ortho intramolecular Hbond substituents is 1. The van der Waals surface area contributed by atoms with Gasteiger partial charge < -0.3 is 5.11 Å². The highest BCUT2D eigenvalue weighted by Gasteiger charge is 2.23. The van der Waals surface area contributed by atoms with Crippen LogP contribution in [0.15, 0.2) is 79.4 Å². The molecule has 1 aliphatic carbocycles. The van der Waals surface area contributed by atoms with Crippen LogP contribution in [0.5, 0.6) is 5.75 Å². The molecule has 0 saturated carbocycles. The van der Waals surface area contributed by atoms with Crippen molar-refractivity contribution in [2.24, 2.45) is 0 Å². The zero-order chi connectivity index (χ0) is 17.1. The molecular weight excluding hydrogens is 302 g/mol. The fourth-order valence-corrected chi connectivity index (χ4v) is 2.68. The molecule has 0 radical (unpaired) electrons. The van der Waals surface area contributed by atoms with E-state index < -0.39 is 0 Å². The standard InChI is InChI=1S/C14H9NO2.C6H6O/c1-9-11-4-2-3-5-12(11)13-7-6-10(15(16)17)8-14(9)13;7-6-4-2-1-3-5-6/h2-8H,1H2;1-5,7H. The maximum atomic E-state index is 10.8. The Morgan fingerprint density at radius 2 is 1.38 bits per heavy atom. The van der Waals surface area contributed by atoms with Crippen LogP contribution < -0.4 is 0 Å². The summed E-state index contributed by atoms with van der Waals surface area (Å²) in [4.78, 5) is 10.4. The lowest BCUT2D eigenvalue weighted by Gasteiger charge is -1.99. The Morgan fingerprint density at radius 1 is 0.792 bits per heavy atom. The van der Waals surface area contributed by atoms with Crippen LogP contribution in [-0.2, 0) is 0 Å². The van der Waals surface area contributed by atoms with Crippen molar-refractivity contribution in [1.82, 2.24) is 0 Å². The van der Waals surface area contributed by atoms with E-state index in [1.807, 2.05) is 30.3 Å². The number of benzene rings is 3. The first-order valence-corrected chi connectivity index (χ1v) is 7.39. The van der Waals surface area contributed by atoms with Crippen molar-refractivity contribution in [3.8, 4) is 16.9 Å². The third-order valence-electron chi connectivity index (χ3n) is 3.84. The van der Waals surface area contributed by atoms with E-state index in [0.29, 0.717) is 5.75 Å². The van der Waals surface area contributed by atoms with E-state index in [0.717, 1.165) is 27.8 Å². The van der Waals surface area contributed by atoms with Gasteiger partial charge in [0.15, 0.2) is 0 Å². The summed E-state index contributed by atoms with van der Waals surface area (Å²) in [6.45, 7) is 4.01. The van der Waals surface area contributed by atoms with Crippen LogP contribution >= 0.6 is 0 Å². The number of nitro groups is 1. The van der Waals surface area contributed by atoms with Crippen molar-refractivity contribution in [2.45, 2.75) is 0 Å². The number of hydrogen-bond acceptors (Lipinski definition) is 3. The minimum atomic E-state index is -0.378. The van der Waals surface area contributed by atoms with Crippen LogP contribution in [0.25, 0.3) is 16.7 Å². The van der Waals surface area contributed by atoms with E-state index in [1.165, 1.54) is 6.07 Å². The molecule has 4 heteroatoms. The van der Waals surface area contributed by atoms with E-state index in [4.69, 9.17) is 5.11 Å². The van der Waals surface area contributed by atoms with Gasteiger partial charge in [-0.05, 0) is 46.0 Å². The molecule has 0 fully saturated rings. The van der Waals surface area contributed by atoms with Crippen molar-refractivity contribution in [3.05, 3.63) is 101 Å². The molecule has 0 unspecified atom stereocenters. The maximum absolute atomic E-state index is 10.8. The average molecular weight is 317 g/mol. The molecule has 1 aliphatic rings. The Labute approximate surface area is 139 Å². The molecule has 4 nitrogen and oxygen atoms in total. The summed E-state index contributed by atoms with van der Waals surface area (Å²) in [5, 5.41) is 19.4. The number of nitro benzene ring substituents is 1. The number of nitrogens with zero attached hydrogens (tertiary/aromatic N) is 1. The summed E-state index contributed by atoms with van der Waals surface area (Å²) in [6, 6.07) is 21.6. The topological polar surface area (TPSA) is 63.4 Å². The molecule has 0 spiro atoms. The SMILES string of the molecule is C=C1c2ccccc2-c2ccc([N+](=O)[O-])cc21.Oc1ccccc1. The average Bonchev–Trinajstić information content (AvgIpc) is 2.89. The van der Waals surface area contributed by atoms with E-state index in [-0.39, 0.29) is 10.6 Å². The van der Waals surface area contributed by atoms with Gasteiger partial charge in [0.1, 0.15) is 5.75 Å². The number of fused-ring (bicyclic) bond motifs is 3. The third kappa shape index (κ3) is 2.90. The van der Waals surface area contributed by atoms with Crippen molar-refractivity contribution >= 4 is 11.3 Å². The Morgan fingerprint density at radius 3 is 1.96 bits per heavy atom. The fraction of sp³-hybridized carbons (Fsp3) is 0. The van der Waals surface area contributed by atoms with E-state index in [9.17, 15) is 10.1 Å². The van der Waals surface area contributed by atoms with Gasteiger partial charge in [-0.15, -0.1) is 0 Å². The molecule has 118 valence electrons. The van der Waals surface area contributed by atoms with Crippen molar-refractivity contribution in [3.63, 3.8) is 0 Å². The Balaban J connectivity index is 0.000000203. The van der Waals surface area contributed by atoms with E-state index >= 15 is 0 Å². The second kappa shape index (κ2) is 6.38. The number of hydrogen-bond donors (Lipinski definition) is 1. The third-order valence-corrected chi connectivity index (χ3v) is 3.84. The predicted molar refractivity (Wildman–Crippen MR) is 94.8 cm³/mol. The van der Waals surface area contributed by atoms with Crippen molar-refractivity contribution in [1.29, 1.82) is 0 Å². The summed E-state index contributed by atoms with van der Waals surface area (Å²) in [5.41, 5.74) is 5.01. The van der Waals surface area contributed by atoms with Gasteiger partial charge in [-0.3, -0.25) is 10.1 Å². The lowest BCUT2D eigenvalue weighted by atomic mass is 10.1.